The van der Waals surface area contributed by atoms with Crippen molar-refractivity contribution in [2.75, 3.05) is 6.54 Å². The smallest absolute Gasteiger partial charge is 0.317 e. The summed E-state index contributed by atoms with van der Waals surface area (Å²) in [5.74, 6) is -0.968. The van der Waals surface area contributed by atoms with E-state index in [1.165, 1.54) is 6.42 Å². The zero-order valence-electron chi connectivity index (χ0n) is 7.35. The molecule has 0 bridgehead atoms. The van der Waals surface area contributed by atoms with E-state index in [0.717, 1.165) is 0 Å². The van der Waals surface area contributed by atoms with Crippen molar-refractivity contribution in [3.63, 3.8) is 0 Å². The Morgan fingerprint density at radius 3 is 1.50 bits per heavy atom. The van der Waals surface area contributed by atoms with Crippen LogP contribution in [-0.4, -0.2) is 17.6 Å². The molecule has 0 aliphatic carbocycles. The number of carboxylic acid groups (broad SMARTS) is 1. The van der Waals surface area contributed by atoms with Gasteiger partial charge in [0, 0.05) is 0 Å². The molecule has 3 heteroatoms. The minimum absolute atomic E-state index is 0.278. The third-order valence-corrected chi connectivity index (χ3v) is 0.175. The summed E-state index contributed by atoms with van der Waals surface area (Å²) in [6.45, 7) is 7.97. The van der Waals surface area contributed by atoms with E-state index in [0.29, 0.717) is 0 Å². The van der Waals surface area contributed by atoms with Crippen LogP contribution in [0.5, 0.6) is 0 Å². The quantitative estimate of drug-likeness (QED) is 0.593. The van der Waals surface area contributed by atoms with Gasteiger partial charge in [0.05, 0.1) is 6.54 Å². The number of aliphatic carboxylic acids is 1. The van der Waals surface area contributed by atoms with Gasteiger partial charge in [-0.3, -0.25) is 4.79 Å². The molecule has 0 aromatic heterocycles. The SMILES string of the molecule is CC.CCC.NCC(=O)O. The fourth-order valence-electron chi connectivity index (χ4n) is 0. The largest absolute Gasteiger partial charge is 0.480 e. The van der Waals surface area contributed by atoms with Crippen LogP contribution in [0.15, 0.2) is 0 Å². The molecular formula is C7H19NO2. The van der Waals surface area contributed by atoms with Crippen molar-refractivity contribution in [3.05, 3.63) is 0 Å². The molecule has 0 amide bonds. The second-order valence-corrected chi connectivity index (χ2v) is 1.30. The van der Waals surface area contributed by atoms with E-state index < -0.39 is 5.97 Å². The average molecular weight is 149 g/mol. The van der Waals surface area contributed by atoms with Crippen molar-refractivity contribution in [2.24, 2.45) is 5.73 Å². The van der Waals surface area contributed by atoms with E-state index in [1.54, 1.807) is 0 Å². The lowest BCUT2D eigenvalue weighted by atomic mass is 10.6. The van der Waals surface area contributed by atoms with Crippen LogP contribution in [0, 0.1) is 0 Å². The van der Waals surface area contributed by atoms with Gasteiger partial charge in [-0.15, -0.1) is 0 Å². The van der Waals surface area contributed by atoms with Gasteiger partial charge in [-0.25, -0.2) is 0 Å². The topological polar surface area (TPSA) is 63.3 Å². The Bertz CT molecular complexity index is 55.6. The van der Waals surface area contributed by atoms with E-state index in [2.05, 4.69) is 19.6 Å². The highest BCUT2D eigenvalue weighted by atomic mass is 16.4. The molecule has 0 radical (unpaired) electrons. The van der Waals surface area contributed by atoms with Gasteiger partial charge in [0.15, 0.2) is 0 Å². The summed E-state index contributed by atoms with van der Waals surface area (Å²) in [5.41, 5.74) is 4.57. The fourth-order valence-corrected chi connectivity index (χ4v) is 0. The van der Waals surface area contributed by atoms with Crippen LogP contribution in [0.1, 0.15) is 34.1 Å². The maximum absolute atomic E-state index is 9.24. The lowest BCUT2D eigenvalue weighted by molar-refractivity contribution is -0.135. The average Bonchev–Trinajstić information content (AvgIpc) is 1.94. The Labute approximate surface area is 63.2 Å². The van der Waals surface area contributed by atoms with Crippen molar-refractivity contribution in [2.45, 2.75) is 34.1 Å². The number of hydrogen-bond donors (Lipinski definition) is 2. The highest BCUT2D eigenvalue weighted by Crippen LogP contribution is 1.56. The number of carbonyl (C=O) groups is 1. The van der Waals surface area contributed by atoms with Gasteiger partial charge in [-0.1, -0.05) is 34.1 Å². The van der Waals surface area contributed by atoms with Crippen LogP contribution in [-0.2, 0) is 4.79 Å². The van der Waals surface area contributed by atoms with Crippen molar-refractivity contribution in [1.29, 1.82) is 0 Å². The highest BCUT2D eigenvalue weighted by Gasteiger charge is 1.81. The molecule has 10 heavy (non-hydrogen) atoms. The van der Waals surface area contributed by atoms with E-state index in [4.69, 9.17) is 5.11 Å². The van der Waals surface area contributed by atoms with E-state index >= 15 is 0 Å². The first-order valence-corrected chi connectivity index (χ1v) is 3.60. The van der Waals surface area contributed by atoms with Gasteiger partial charge in [-0.2, -0.15) is 0 Å². The first kappa shape index (κ1) is 16.2. The van der Waals surface area contributed by atoms with Crippen LogP contribution in [0.4, 0.5) is 0 Å². The normalized spacial score (nSPS) is 6.10. The van der Waals surface area contributed by atoms with E-state index in [1.807, 2.05) is 13.8 Å². The lowest BCUT2D eigenvalue weighted by Gasteiger charge is -1.73. The first-order valence-electron chi connectivity index (χ1n) is 3.60. The molecule has 0 aromatic carbocycles. The zero-order valence-corrected chi connectivity index (χ0v) is 7.35. The molecule has 0 spiro atoms. The summed E-state index contributed by atoms with van der Waals surface area (Å²) in [6, 6.07) is 0. The third kappa shape index (κ3) is 150. The van der Waals surface area contributed by atoms with Gasteiger partial charge in [0.1, 0.15) is 0 Å². The third-order valence-electron chi connectivity index (χ3n) is 0.175. The molecule has 0 fully saturated rings. The minimum Gasteiger partial charge on any atom is -0.480 e. The number of nitrogens with two attached hydrogens (primary N) is 1. The van der Waals surface area contributed by atoms with Crippen molar-refractivity contribution in [3.8, 4) is 0 Å². The summed E-state index contributed by atoms with van der Waals surface area (Å²) in [5, 5.41) is 7.60. The van der Waals surface area contributed by atoms with Crippen LogP contribution in [0.3, 0.4) is 0 Å². The van der Waals surface area contributed by atoms with E-state index in [9.17, 15) is 4.79 Å². The van der Waals surface area contributed by atoms with Crippen molar-refractivity contribution >= 4 is 5.97 Å². The Morgan fingerprint density at radius 1 is 1.40 bits per heavy atom. The lowest BCUT2D eigenvalue weighted by Crippen LogP contribution is -2.10. The second kappa shape index (κ2) is 23.7. The predicted octanol–water partition coefficient (Wildman–Crippen LogP) is 1.47. The second-order valence-electron chi connectivity index (χ2n) is 1.30. The van der Waals surface area contributed by atoms with Gasteiger partial charge in [0.2, 0.25) is 0 Å². The summed E-state index contributed by atoms with van der Waals surface area (Å²) in [4.78, 5) is 9.24. The molecule has 0 aromatic rings. The Hall–Kier alpha value is -0.570. The number of carboxylic acids is 1. The van der Waals surface area contributed by atoms with Crippen LogP contribution < -0.4 is 5.73 Å². The first-order chi connectivity index (χ1) is 4.68. The van der Waals surface area contributed by atoms with Crippen LogP contribution in [0.25, 0.3) is 0 Å². The Balaban J connectivity index is -0.0000000847. The highest BCUT2D eigenvalue weighted by molar-refractivity contribution is 5.68. The molecule has 64 valence electrons. The van der Waals surface area contributed by atoms with Crippen molar-refractivity contribution < 1.29 is 9.90 Å². The Morgan fingerprint density at radius 2 is 1.50 bits per heavy atom. The molecule has 0 unspecified atom stereocenters. The number of hydrogen-bond acceptors (Lipinski definition) is 2. The van der Waals surface area contributed by atoms with Crippen LogP contribution in [0.2, 0.25) is 0 Å². The van der Waals surface area contributed by atoms with E-state index in [-0.39, 0.29) is 6.54 Å². The van der Waals surface area contributed by atoms with Gasteiger partial charge in [0.25, 0.3) is 0 Å². The standard InChI is InChI=1S/C3H8.C2H5NO2.C2H6/c1-3-2;3-1-2(4)5;1-2/h3H2,1-2H3;1,3H2,(H,4,5);1-2H3. The van der Waals surface area contributed by atoms with Gasteiger partial charge in [-0.05, 0) is 0 Å². The fraction of sp³-hybridized carbons (Fsp3) is 0.857. The molecule has 0 aliphatic heterocycles. The molecule has 0 saturated carbocycles. The predicted molar refractivity (Wildman–Crippen MR) is 44.0 cm³/mol. The molecule has 0 heterocycles. The monoisotopic (exact) mass is 149 g/mol. The molecule has 0 aliphatic rings. The maximum atomic E-state index is 9.24. The summed E-state index contributed by atoms with van der Waals surface area (Å²) in [7, 11) is 0. The molecule has 0 saturated heterocycles. The maximum Gasteiger partial charge on any atom is 0.317 e. The molecule has 0 rings (SSSR count). The molecule has 3 N–H and O–H groups in total. The summed E-state index contributed by atoms with van der Waals surface area (Å²) in [6.07, 6.45) is 1.25. The van der Waals surface area contributed by atoms with Gasteiger partial charge >= 0.3 is 5.97 Å². The molecule has 3 nitrogen and oxygen atoms in total. The number of rotatable bonds is 1. The van der Waals surface area contributed by atoms with Gasteiger partial charge < -0.3 is 10.8 Å². The summed E-state index contributed by atoms with van der Waals surface area (Å²) < 4.78 is 0. The van der Waals surface area contributed by atoms with Crippen LogP contribution >= 0.6 is 0 Å². The van der Waals surface area contributed by atoms with Crippen molar-refractivity contribution in [1.82, 2.24) is 0 Å². The minimum atomic E-state index is -0.968. The Kier molecular flexibility index (Phi) is 38.4. The zero-order chi connectivity index (χ0) is 8.99. The molecular weight excluding hydrogens is 130 g/mol. The summed E-state index contributed by atoms with van der Waals surface area (Å²) >= 11 is 0. The molecule has 0 atom stereocenters.